The topological polar surface area (TPSA) is 0 Å². The van der Waals surface area contributed by atoms with Crippen molar-refractivity contribution in [2.75, 3.05) is 0 Å². The molecule has 1 radical (unpaired) electrons. The van der Waals surface area contributed by atoms with E-state index >= 15 is 0 Å². The van der Waals surface area contributed by atoms with E-state index < -0.39 is 0 Å². The Morgan fingerprint density at radius 3 is 2.67 bits per heavy atom. The first kappa shape index (κ1) is 8.87. The van der Waals surface area contributed by atoms with E-state index in [1.54, 1.807) is 0 Å². The number of unbranched alkanes of at least 4 members (excludes halogenated alkanes) is 1. The fourth-order valence-corrected chi connectivity index (χ4v) is 0.923. The van der Waals surface area contributed by atoms with Crippen molar-refractivity contribution in [2.24, 2.45) is 0 Å². The SMILES string of the molecule is CC[CH]C#CCc1ccccc1. The Morgan fingerprint density at radius 2 is 2.00 bits per heavy atom. The Balaban J connectivity index is 2.40. The first-order chi connectivity index (χ1) is 5.93. The van der Waals surface area contributed by atoms with Crippen molar-refractivity contribution in [1.82, 2.24) is 0 Å². The molecule has 0 aliphatic rings. The third-order valence-corrected chi connectivity index (χ3v) is 1.54. The van der Waals surface area contributed by atoms with Crippen LogP contribution in [0.1, 0.15) is 18.9 Å². The standard InChI is InChI=1S/C12H13/c1-2-3-4-6-9-12-10-7-5-8-11-12/h3,5,7-8,10-11H,2,9H2,1H3. The second-order valence-corrected chi connectivity index (χ2v) is 2.60. The lowest BCUT2D eigenvalue weighted by Crippen LogP contribution is -1.78. The molecule has 0 aliphatic heterocycles. The van der Waals surface area contributed by atoms with Crippen molar-refractivity contribution in [3.63, 3.8) is 0 Å². The summed E-state index contributed by atoms with van der Waals surface area (Å²) in [5.41, 5.74) is 1.29. The lowest BCUT2D eigenvalue weighted by molar-refractivity contribution is 1.16. The minimum Gasteiger partial charge on any atom is -0.0983 e. The van der Waals surface area contributed by atoms with Gasteiger partial charge in [0, 0.05) is 12.8 Å². The molecule has 0 fully saturated rings. The van der Waals surface area contributed by atoms with Gasteiger partial charge in [-0.05, 0) is 12.0 Å². The molecule has 0 unspecified atom stereocenters. The third kappa shape index (κ3) is 3.25. The maximum Gasteiger partial charge on any atom is 0.0340 e. The summed E-state index contributed by atoms with van der Waals surface area (Å²) in [6.45, 7) is 2.09. The first-order valence-corrected chi connectivity index (χ1v) is 4.27. The molecular weight excluding hydrogens is 144 g/mol. The van der Waals surface area contributed by atoms with Gasteiger partial charge in [0.2, 0.25) is 0 Å². The largest absolute Gasteiger partial charge is 0.0983 e. The molecule has 0 aromatic heterocycles. The molecule has 0 saturated carbocycles. The molecule has 0 nitrogen and oxygen atoms in total. The molecule has 0 atom stereocenters. The van der Waals surface area contributed by atoms with Crippen LogP contribution in [0.4, 0.5) is 0 Å². The lowest BCUT2D eigenvalue weighted by Gasteiger charge is -1.90. The van der Waals surface area contributed by atoms with E-state index in [4.69, 9.17) is 0 Å². The van der Waals surface area contributed by atoms with Crippen molar-refractivity contribution in [3.8, 4) is 11.8 Å². The number of rotatable bonds is 2. The molecule has 0 bridgehead atoms. The van der Waals surface area contributed by atoms with Crippen LogP contribution in [0.15, 0.2) is 30.3 Å². The minimum atomic E-state index is 0.858. The fraction of sp³-hybridized carbons (Fsp3) is 0.250. The van der Waals surface area contributed by atoms with Crippen molar-refractivity contribution in [3.05, 3.63) is 42.3 Å². The summed E-state index contributed by atoms with van der Waals surface area (Å²) in [6, 6.07) is 10.3. The Bertz CT molecular complexity index is 261. The van der Waals surface area contributed by atoms with Gasteiger partial charge in [-0.1, -0.05) is 49.1 Å². The number of hydrogen-bond acceptors (Lipinski definition) is 0. The zero-order valence-electron chi connectivity index (χ0n) is 7.38. The summed E-state index contributed by atoms with van der Waals surface area (Å²) >= 11 is 0. The zero-order valence-corrected chi connectivity index (χ0v) is 7.38. The molecule has 0 amide bonds. The van der Waals surface area contributed by atoms with Crippen LogP contribution in [0.3, 0.4) is 0 Å². The molecule has 0 heterocycles. The summed E-state index contributed by atoms with van der Waals surface area (Å²) in [5, 5.41) is 0. The van der Waals surface area contributed by atoms with E-state index in [0.717, 1.165) is 12.8 Å². The van der Waals surface area contributed by atoms with Crippen molar-refractivity contribution in [2.45, 2.75) is 19.8 Å². The number of hydrogen-bond donors (Lipinski definition) is 0. The van der Waals surface area contributed by atoms with E-state index in [9.17, 15) is 0 Å². The van der Waals surface area contributed by atoms with Crippen LogP contribution >= 0.6 is 0 Å². The van der Waals surface area contributed by atoms with Crippen molar-refractivity contribution >= 4 is 0 Å². The molecule has 0 N–H and O–H groups in total. The van der Waals surface area contributed by atoms with Gasteiger partial charge in [-0.25, -0.2) is 0 Å². The summed E-state index contributed by atoms with van der Waals surface area (Å²) in [7, 11) is 0. The highest BCUT2D eigenvalue weighted by Gasteiger charge is 1.84. The highest BCUT2D eigenvalue weighted by atomic mass is 13.9. The molecule has 1 aromatic rings. The lowest BCUT2D eigenvalue weighted by atomic mass is 10.1. The molecule has 0 spiro atoms. The van der Waals surface area contributed by atoms with Gasteiger partial charge in [-0.3, -0.25) is 0 Å². The second kappa shape index (κ2) is 5.43. The Labute approximate surface area is 74.6 Å². The van der Waals surface area contributed by atoms with Crippen LogP contribution in [0.25, 0.3) is 0 Å². The Hall–Kier alpha value is -1.22. The first-order valence-electron chi connectivity index (χ1n) is 4.27. The highest BCUT2D eigenvalue weighted by molar-refractivity contribution is 5.22. The Morgan fingerprint density at radius 1 is 1.25 bits per heavy atom. The van der Waals surface area contributed by atoms with E-state index in [0.29, 0.717) is 0 Å². The maximum atomic E-state index is 3.10. The van der Waals surface area contributed by atoms with Crippen LogP contribution in [0.5, 0.6) is 0 Å². The molecular formula is C12H13. The van der Waals surface area contributed by atoms with E-state index in [-0.39, 0.29) is 0 Å². The van der Waals surface area contributed by atoms with Crippen LogP contribution < -0.4 is 0 Å². The third-order valence-electron chi connectivity index (χ3n) is 1.54. The van der Waals surface area contributed by atoms with Crippen LogP contribution in [-0.2, 0) is 6.42 Å². The highest BCUT2D eigenvalue weighted by Crippen LogP contribution is 1.97. The van der Waals surface area contributed by atoms with Gasteiger partial charge in [0.1, 0.15) is 0 Å². The Kier molecular flexibility index (Phi) is 4.02. The molecule has 61 valence electrons. The van der Waals surface area contributed by atoms with E-state index in [2.05, 4.69) is 30.9 Å². The maximum absolute atomic E-state index is 3.10. The van der Waals surface area contributed by atoms with Crippen LogP contribution in [0.2, 0.25) is 0 Å². The molecule has 1 rings (SSSR count). The summed E-state index contributed by atoms with van der Waals surface area (Å²) in [4.78, 5) is 0. The quantitative estimate of drug-likeness (QED) is 0.579. The van der Waals surface area contributed by atoms with Gasteiger partial charge in [-0.2, -0.15) is 0 Å². The second-order valence-electron chi connectivity index (χ2n) is 2.60. The van der Waals surface area contributed by atoms with Gasteiger partial charge < -0.3 is 0 Å². The monoisotopic (exact) mass is 157 g/mol. The van der Waals surface area contributed by atoms with Gasteiger partial charge in [0.15, 0.2) is 0 Å². The predicted molar refractivity (Wildman–Crippen MR) is 52.5 cm³/mol. The molecule has 12 heavy (non-hydrogen) atoms. The average Bonchev–Trinajstić information content (AvgIpc) is 2.14. The fourth-order valence-electron chi connectivity index (χ4n) is 0.923. The number of benzene rings is 1. The molecule has 0 heteroatoms. The van der Waals surface area contributed by atoms with Crippen LogP contribution in [0, 0.1) is 18.3 Å². The van der Waals surface area contributed by atoms with Crippen LogP contribution in [-0.4, -0.2) is 0 Å². The molecule has 1 aromatic carbocycles. The molecule has 0 saturated heterocycles. The van der Waals surface area contributed by atoms with E-state index in [1.807, 2.05) is 24.6 Å². The predicted octanol–water partition coefficient (Wildman–Crippen LogP) is 2.85. The van der Waals surface area contributed by atoms with E-state index in [1.165, 1.54) is 5.56 Å². The smallest absolute Gasteiger partial charge is 0.0340 e. The summed E-state index contributed by atoms with van der Waals surface area (Å²) < 4.78 is 0. The van der Waals surface area contributed by atoms with Gasteiger partial charge >= 0.3 is 0 Å². The summed E-state index contributed by atoms with van der Waals surface area (Å²) in [5.74, 6) is 6.11. The van der Waals surface area contributed by atoms with Gasteiger partial charge in [-0.15, -0.1) is 0 Å². The molecule has 0 aliphatic carbocycles. The normalized spacial score (nSPS) is 8.75. The zero-order chi connectivity index (χ0) is 8.65. The minimum absolute atomic E-state index is 0.858. The van der Waals surface area contributed by atoms with Crippen molar-refractivity contribution < 1.29 is 0 Å². The average molecular weight is 157 g/mol. The van der Waals surface area contributed by atoms with Crippen molar-refractivity contribution in [1.29, 1.82) is 0 Å². The summed E-state index contributed by atoms with van der Waals surface area (Å²) in [6.07, 6.45) is 3.88. The van der Waals surface area contributed by atoms with Gasteiger partial charge in [0.25, 0.3) is 0 Å². The van der Waals surface area contributed by atoms with Gasteiger partial charge in [0.05, 0.1) is 0 Å².